The van der Waals surface area contributed by atoms with Crippen LogP contribution in [0.3, 0.4) is 0 Å². The standard InChI is InChI=1S/C15H19N7O2/c1-9(2)21-8-6-11(20-21)13(23)17-15-19-18-14(24-15)12-5-7-16-22(12)10(3)4/h5-10H,1-4H3,(H,17,19,23). The van der Waals surface area contributed by atoms with E-state index < -0.39 is 5.91 Å². The first-order valence-electron chi connectivity index (χ1n) is 7.69. The Morgan fingerprint density at radius 2 is 1.96 bits per heavy atom. The summed E-state index contributed by atoms with van der Waals surface area (Å²) in [6.07, 6.45) is 3.41. The molecule has 0 bridgehead atoms. The van der Waals surface area contributed by atoms with Gasteiger partial charge in [0.1, 0.15) is 5.69 Å². The number of hydrogen-bond donors (Lipinski definition) is 1. The van der Waals surface area contributed by atoms with Crippen molar-refractivity contribution < 1.29 is 9.21 Å². The van der Waals surface area contributed by atoms with Crippen LogP contribution in [0.5, 0.6) is 0 Å². The Balaban J connectivity index is 1.76. The molecule has 3 heterocycles. The predicted molar refractivity (Wildman–Crippen MR) is 86.5 cm³/mol. The third-order valence-corrected chi connectivity index (χ3v) is 3.39. The maximum atomic E-state index is 12.2. The smallest absolute Gasteiger partial charge is 0.322 e. The molecule has 3 aromatic heterocycles. The van der Waals surface area contributed by atoms with E-state index in [-0.39, 0.29) is 23.8 Å². The third kappa shape index (κ3) is 3.05. The molecule has 1 N–H and O–H groups in total. The number of aromatic nitrogens is 6. The molecule has 0 aliphatic carbocycles. The first kappa shape index (κ1) is 15.9. The number of carbonyl (C=O) groups excluding carboxylic acids is 1. The molecule has 0 unspecified atom stereocenters. The van der Waals surface area contributed by atoms with E-state index >= 15 is 0 Å². The van der Waals surface area contributed by atoms with Gasteiger partial charge < -0.3 is 4.42 Å². The highest BCUT2D eigenvalue weighted by Crippen LogP contribution is 2.22. The van der Waals surface area contributed by atoms with E-state index in [1.807, 2.05) is 27.7 Å². The highest BCUT2D eigenvalue weighted by Gasteiger charge is 2.18. The highest BCUT2D eigenvalue weighted by atomic mass is 16.4. The Bertz CT molecular complexity index is 844. The van der Waals surface area contributed by atoms with Crippen molar-refractivity contribution in [2.45, 2.75) is 39.8 Å². The minimum atomic E-state index is -0.401. The zero-order valence-corrected chi connectivity index (χ0v) is 14.0. The van der Waals surface area contributed by atoms with Gasteiger partial charge in [0, 0.05) is 24.5 Å². The van der Waals surface area contributed by atoms with E-state index in [0.29, 0.717) is 11.6 Å². The van der Waals surface area contributed by atoms with Gasteiger partial charge >= 0.3 is 6.01 Å². The molecule has 0 aliphatic heterocycles. The summed E-state index contributed by atoms with van der Waals surface area (Å²) in [4.78, 5) is 12.2. The van der Waals surface area contributed by atoms with Gasteiger partial charge in [-0.1, -0.05) is 5.10 Å². The first-order valence-corrected chi connectivity index (χ1v) is 7.69. The summed E-state index contributed by atoms with van der Waals surface area (Å²) in [5, 5.41) is 18.8. The molecule has 24 heavy (non-hydrogen) atoms. The highest BCUT2D eigenvalue weighted by molar-refractivity contribution is 6.01. The van der Waals surface area contributed by atoms with Gasteiger partial charge in [-0.25, -0.2) is 0 Å². The fourth-order valence-electron chi connectivity index (χ4n) is 2.18. The lowest BCUT2D eigenvalue weighted by Crippen LogP contribution is -2.14. The normalized spacial score (nSPS) is 11.4. The van der Waals surface area contributed by atoms with Crippen molar-refractivity contribution in [2.24, 2.45) is 0 Å². The topological polar surface area (TPSA) is 104 Å². The summed E-state index contributed by atoms with van der Waals surface area (Å²) in [6, 6.07) is 3.77. The number of hydrogen-bond acceptors (Lipinski definition) is 6. The number of nitrogens with one attached hydrogen (secondary N) is 1. The van der Waals surface area contributed by atoms with Crippen LogP contribution in [0.15, 0.2) is 28.9 Å². The maximum absolute atomic E-state index is 12.2. The molecule has 1 amide bonds. The fourth-order valence-corrected chi connectivity index (χ4v) is 2.18. The largest absolute Gasteiger partial charge is 0.401 e. The van der Waals surface area contributed by atoms with Crippen LogP contribution < -0.4 is 5.32 Å². The van der Waals surface area contributed by atoms with Gasteiger partial charge in [-0.15, -0.1) is 5.10 Å². The average Bonchev–Trinajstić information content (AvgIpc) is 3.26. The number of rotatable bonds is 5. The fraction of sp³-hybridized carbons (Fsp3) is 0.400. The Morgan fingerprint density at radius 1 is 1.17 bits per heavy atom. The molecule has 0 atom stereocenters. The monoisotopic (exact) mass is 329 g/mol. The zero-order valence-electron chi connectivity index (χ0n) is 14.0. The number of anilines is 1. The molecule has 0 aromatic carbocycles. The Kier molecular flexibility index (Phi) is 4.15. The minimum absolute atomic E-state index is 0.0191. The van der Waals surface area contributed by atoms with E-state index in [4.69, 9.17) is 4.42 Å². The molecule has 0 fully saturated rings. The number of carbonyl (C=O) groups is 1. The minimum Gasteiger partial charge on any atom is -0.401 e. The Hall–Kier alpha value is -2.97. The van der Waals surface area contributed by atoms with E-state index in [1.54, 1.807) is 33.9 Å². The molecule has 0 saturated carbocycles. The van der Waals surface area contributed by atoms with Gasteiger partial charge in [0.05, 0.1) is 0 Å². The average molecular weight is 329 g/mol. The predicted octanol–water partition coefficient (Wildman–Crippen LogP) is 2.54. The van der Waals surface area contributed by atoms with Crippen LogP contribution in [0.25, 0.3) is 11.6 Å². The molecule has 9 nitrogen and oxygen atoms in total. The van der Waals surface area contributed by atoms with Crippen molar-refractivity contribution in [2.75, 3.05) is 5.32 Å². The molecule has 3 aromatic rings. The van der Waals surface area contributed by atoms with Crippen molar-refractivity contribution in [3.8, 4) is 11.6 Å². The Morgan fingerprint density at radius 3 is 2.62 bits per heavy atom. The maximum Gasteiger partial charge on any atom is 0.322 e. The van der Waals surface area contributed by atoms with Crippen LogP contribution in [0, 0.1) is 0 Å². The van der Waals surface area contributed by atoms with Crippen molar-refractivity contribution in [1.29, 1.82) is 0 Å². The summed E-state index contributed by atoms with van der Waals surface area (Å²) in [7, 11) is 0. The summed E-state index contributed by atoms with van der Waals surface area (Å²) >= 11 is 0. The molecule has 0 spiro atoms. The number of amides is 1. The van der Waals surface area contributed by atoms with Crippen molar-refractivity contribution in [3.05, 3.63) is 30.2 Å². The van der Waals surface area contributed by atoms with Gasteiger partial charge in [0.25, 0.3) is 11.8 Å². The molecule has 3 rings (SSSR count). The lowest BCUT2D eigenvalue weighted by atomic mass is 10.3. The van der Waals surface area contributed by atoms with Gasteiger partial charge in [0.2, 0.25) is 0 Å². The second-order valence-corrected chi connectivity index (χ2v) is 5.90. The van der Waals surface area contributed by atoms with E-state index in [0.717, 1.165) is 0 Å². The quantitative estimate of drug-likeness (QED) is 0.771. The molecule has 0 saturated heterocycles. The molecule has 0 radical (unpaired) electrons. The van der Waals surface area contributed by atoms with Crippen LogP contribution in [-0.4, -0.2) is 35.7 Å². The van der Waals surface area contributed by atoms with Gasteiger partial charge in [-0.2, -0.15) is 10.2 Å². The van der Waals surface area contributed by atoms with Gasteiger partial charge in [0.15, 0.2) is 5.69 Å². The lowest BCUT2D eigenvalue weighted by molar-refractivity contribution is 0.101. The molecular weight excluding hydrogens is 310 g/mol. The van der Waals surface area contributed by atoms with Crippen LogP contribution in [0.1, 0.15) is 50.3 Å². The van der Waals surface area contributed by atoms with Gasteiger partial charge in [-0.3, -0.25) is 19.5 Å². The Labute approximate surface area is 138 Å². The van der Waals surface area contributed by atoms with Crippen LogP contribution in [0.2, 0.25) is 0 Å². The van der Waals surface area contributed by atoms with Crippen LogP contribution in [-0.2, 0) is 0 Å². The van der Waals surface area contributed by atoms with Crippen molar-refractivity contribution in [3.63, 3.8) is 0 Å². The van der Waals surface area contributed by atoms with E-state index in [1.165, 1.54) is 0 Å². The molecule has 0 aliphatic rings. The number of nitrogens with zero attached hydrogens (tertiary/aromatic N) is 6. The molecule has 126 valence electrons. The van der Waals surface area contributed by atoms with Crippen molar-refractivity contribution >= 4 is 11.9 Å². The summed E-state index contributed by atoms with van der Waals surface area (Å²) in [5.74, 6) is -0.105. The molecule has 9 heteroatoms. The van der Waals surface area contributed by atoms with Crippen LogP contribution >= 0.6 is 0 Å². The summed E-state index contributed by atoms with van der Waals surface area (Å²) in [5.41, 5.74) is 0.984. The van der Waals surface area contributed by atoms with Crippen LogP contribution in [0.4, 0.5) is 6.01 Å². The summed E-state index contributed by atoms with van der Waals surface area (Å²) < 4.78 is 8.99. The van der Waals surface area contributed by atoms with Crippen molar-refractivity contribution in [1.82, 2.24) is 29.8 Å². The molecular formula is C15H19N7O2. The van der Waals surface area contributed by atoms with Gasteiger partial charge in [-0.05, 0) is 39.8 Å². The second-order valence-electron chi connectivity index (χ2n) is 5.90. The zero-order chi connectivity index (χ0) is 17.3. The summed E-state index contributed by atoms with van der Waals surface area (Å²) in [6.45, 7) is 7.97. The second kappa shape index (κ2) is 6.26. The van der Waals surface area contributed by atoms with E-state index in [9.17, 15) is 4.79 Å². The first-order chi connectivity index (χ1) is 11.5. The van der Waals surface area contributed by atoms with E-state index in [2.05, 4.69) is 25.7 Å². The lowest BCUT2D eigenvalue weighted by Gasteiger charge is -2.07. The SMILES string of the molecule is CC(C)n1ccc(C(=O)Nc2nnc(-c3ccnn3C(C)C)o2)n1. The third-order valence-electron chi connectivity index (χ3n) is 3.39.